The first-order valence-corrected chi connectivity index (χ1v) is 11.9. The van der Waals surface area contributed by atoms with Crippen LogP contribution in [0.5, 0.6) is 0 Å². The predicted octanol–water partition coefficient (Wildman–Crippen LogP) is 6.39. The third-order valence-electron chi connectivity index (χ3n) is 4.44. The molecule has 0 aliphatic carbocycles. The van der Waals surface area contributed by atoms with Crippen LogP contribution in [0.15, 0.2) is 84.3 Å². The van der Waals surface area contributed by atoms with E-state index in [9.17, 15) is 13.2 Å². The lowest BCUT2D eigenvalue weighted by Gasteiger charge is -2.23. The van der Waals surface area contributed by atoms with Gasteiger partial charge in [0, 0.05) is 20.6 Å². The van der Waals surface area contributed by atoms with E-state index >= 15 is 0 Å². The van der Waals surface area contributed by atoms with Gasteiger partial charge in [0.05, 0.1) is 22.7 Å². The van der Waals surface area contributed by atoms with Crippen LogP contribution in [0.4, 0.5) is 5.69 Å². The van der Waals surface area contributed by atoms with Crippen molar-refractivity contribution in [3.05, 3.63) is 106 Å². The number of esters is 1. The van der Waals surface area contributed by atoms with Crippen LogP contribution in [0, 0.1) is 0 Å². The van der Waals surface area contributed by atoms with E-state index in [1.165, 1.54) is 34.6 Å². The van der Waals surface area contributed by atoms with E-state index in [0.717, 1.165) is 0 Å². The fourth-order valence-electron chi connectivity index (χ4n) is 2.84. The van der Waals surface area contributed by atoms with Crippen molar-refractivity contribution in [1.29, 1.82) is 0 Å². The second kappa shape index (κ2) is 10.4. The average molecular weight is 511 g/mol. The van der Waals surface area contributed by atoms with Crippen LogP contribution >= 0.6 is 34.8 Å². The molecule has 3 rings (SSSR count). The second-order valence-corrected chi connectivity index (χ2v) is 9.78. The molecule has 0 unspecified atom stereocenters. The summed E-state index contributed by atoms with van der Waals surface area (Å²) in [6.45, 7) is 3.59. The summed E-state index contributed by atoms with van der Waals surface area (Å²) in [5.74, 6) is -0.685. The summed E-state index contributed by atoms with van der Waals surface area (Å²) in [7, 11) is -3.99. The molecular weight excluding hydrogens is 493 g/mol. The number of hydrogen-bond donors (Lipinski definition) is 0. The van der Waals surface area contributed by atoms with Gasteiger partial charge >= 0.3 is 5.97 Å². The number of benzene rings is 3. The quantitative estimate of drug-likeness (QED) is 0.260. The summed E-state index contributed by atoms with van der Waals surface area (Å²) in [6, 6.07) is 16.8. The Kier molecular flexibility index (Phi) is 7.85. The number of ether oxygens (including phenoxy) is 1. The molecule has 0 aromatic heterocycles. The lowest BCUT2D eigenvalue weighted by molar-refractivity contribution is 0.0472. The van der Waals surface area contributed by atoms with Gasteiger partial charge in [0.25, 0.3) is 10.0 Å². The molecule has 0 saturated carbocycles. The number of rotatable bonds is 8. The molecule has 0 fully saturated rings. The number of halogens is 3. The van der Waals surface area contributed by atoms with Gasteiger partial charge < -0.3 is 4.74 Å². The van der Waals surface area contributed by atoms with Crippen LogP contribution < -0.4 is 4.31 Å². The number of carbonyl (C=O) groups is 1. The zero-order valence-electron chi connectivity index (χ0n) is 16.7. The topological polar surface area (TPSA) is 63.7 Å². The van der Waals surface area contributed by atoms with Gasteiger partial charge in [0.2, 0.25) is 0 Å². The summed E-state index contributed by atoms with van der Waals surface area (Å²) < 4.78 is 33.1. The van der Waals surface area contributed by atoms with Crippen LogP contribution in [-0.2, 0) is 21.4 Å². The van der Waals surface area contributed by atoms with Crippen molar-refractivity contribution in [2.24, 2.45) is 0 Å². The third kappa shape index (κ3) is 5.64. The van der Waals surface area contributed by atoms with Crippen molar-refractivity contribution in [1.82, 2.24) is 0 Å². The Labute approximate surface area is 201 Å². The van der Waals surface area contributed by atoms with Crippen molar-refractivity contribution in [3.8, 4) is 0 Å². The highest BCUT2D eigenvalue weighted by Crippen LogP contribution is 2.26. The molecule has 0 amide bonds. The zero-order chi connectivity index (χ0) is 23.3. The smallest absolute Gasteiger partial charge is 0.338 e. The summed E-state index contributed by atoms with van der Waals surface area (Å²) in [6.07, 6.45) is 1.47. The fourth-order valence-corrected chi connectivity index (χ4v) is 4.91. The summed E-state index contributed by atoms with van der Waals surface area (Å²) >= 11 is 17.9. The maximum atomic E-state index is 13.3. The molecule has 0 aliphatic heterocycles. The molecule has 0 bridgehead atoms. The predicted molar refractivity (Wildman–Crippen MR) is 128 cm³/mol. The Bertz CT molecular complexity index is 1240. The molecule has 9 heteroatoms. The molecule has 3 aromatic rings. The van der Waals surface area contributed by atoms with Crippen LogP contribution in [0.2, 0.25) is 15.1 Å². The van der Waals surface area contributed by atoms with E-state index in [4.69, 9.17) is 39.5 Å². The van der Waals surface area contributed by atoms with Crippen molar-refractivity contribution in [3.63, 3.8) is 0 Å². The number of hydrogen-bond acceptors (Lipinski definition) is 4. The monoisotopic (exact) mass is 509 g/mol. The molecule has 0 heterocycles. The SMILES string of the molecule is C=CCN(c1ccc(Cl)cc1)S(=O)(=O)c1cccc(C(=O)OCc2ccc(Cl)cc2Cl)c1. The van der Waals surface area contributed by atoms with Crippen LogP contribution in [0.1, 0.15) is 15.9 Å². The maximum absolute atomic E-state index is 13.3. The number of carbonyl (C=O) groups excluding carboxylic acids is 1. The fraction of sp³-hybridized carbons (Fsp3) is 0.0870. The van der Waals surface area contributed by atoms with Crippen molar-refractivity contribution >= 4 is 56.5 Å². The normalized spacial score (nSPS) is 11.1. The molecule has 0 aliphatic rings. The maximum Gasteiger partial charge on any atom is 0.338 e. The number of nitrogens with zero attached hydrogens (tertiary/aromatic N) is 1. The zero-order valence-corrected chi connectivity index (χ0v) is 19.8. The largest absolute Gasteiger partial charge is 0.457 e. The van der Waals surface area contributed by atoms with Gasteiger partial charge in [-0.05, 0) is 54.6 Å². The summed E-state index contributed by atoms with van der Waals surface area (Å²) in [5.41, 5.74) is 1.08. The Balaban J connectivity index is 1.84. The van der Waals surface area contributed by atoms with Crippen LogP contribution in [0.3, 0.4) is 0 Å². The van der Waals surface area contributed by atoms with Gasteiger partial charge in [0.15, 0.2) is 0 Å². The van der Waals surface area contributed by atoms with Crippen molar-refractivity contribution in [2.45, 2.75) is 11.5 Å². The minimum Gasteiger partial charge on any atom is -0.457 e. The van der Waals surface area contributed by atoms with Gasteiger partial charge in [0.1, 0.15) is 6.61 Å². The Hall–Kier alpha value is -2.51. The Morgan fingerprint density at radius 1 is 0.969 bits per heavy atom. The second-order valence-electron chi connectivity index (χ2n) is 6.64. The molecule has 0 saturated heterocycles. The molecule has 166 valence electrons. The molecular formula is C23H18Cl3NO4S. The lowest BCUT2D eigenvalue weighted by Crippen LogP contribution is -2.31. The van der Waals surface area contributed by atoms with Gasteiger partial charge in [-0.3, -0.25) is 4.31 Å². The molecule has 32 heavy (non-hydrogen) atoms. The molecule has 0 radical (unpaired) electrons. The van der Waals surface area contributed by atoms with Crippen LogP contribution in [-0.4, -0.2) is 20.9 Å². The van der Waals surface area contributed by atoms with Crippen molar-refractivity contribution in [2.75, 3.05) is 10.8 Å². The van der Waals surface area contributed by atoms with Crippen LogP contribution in [0.25, 0.3) is 0 Å². The highest BCUT2D eigenvalue weighted by atomic mass is 35.5. The van der Waals surface area contributed by atoms with Gasteiger partial charge in [-0.25, -0.2) is 13.2 Å². The minimum atomic E-state index is -3.99. The summed E-state index contributed by atoms with van der Waals surface area (Å²) in [4.78, 5) is 12.5. The highest BCUT2D eigenvalue weighted by Gasteiger charge is 2.25. The molecule has 0 atom stereocenters. The standard InChI is InChI=1S/C23H18Cl3NO4S/c1-2-12-27(20-10-8-18(24)9-11-20)32(29,30)21-5-3-4-16(13-21)23(28)31-15-17-6-7-19(25)14-22(17)26/h2-11,13-14H,1,12,15H2. The lowest BCUT2D eigenvalue weighted by atomic mass is 10.2. The van der Waals surface area contributed by atoms with Gasteiger partial charge in [-0.2, -0.15) is 0 Å². The molecule has 3 aromatic carbocycles. The number of sulfonamides is 1. The number of anilines is 1. The van der Waals surface area contributed by atoms with E-state index in [1.54, 1.807) is 42.5 Å². The van der Waals surface area contributed by atoms with Gasteiger partial charge in [-0.1, -0.05) is 53.0 Å². The van der Waals surface area contributed by atoms with E-state index in [0.29, 0.717) is 26.3 Å². The van der Waals surface area contributed by atoms with E-state index < -0.39 is 16.0 Å². The summed E-state index contributed by atoms with van der Waals surface area (Å²) in [5, 5.41) is 1.31. The van der Waals surface area contributed by atoms with E-state index in [-0.39, 0.29) is 23.6 Å². The Morgan fingerprint density at radius 3 is 2.31 bits per heavy atom. The molecule has 0 N–H and O–H groups in total. The molecule has 5 nitrogen and oxygen atoms in total. The first-order valence-electron chi connectivity index (χ1n) is 9.32. The molecule has 0 spiro atoms. The average Bonchev–Trinajstić information content (AvgIpc) is 2.77. The van der Waals surface area contributed by atoms with Gasteiger partial charge in [-0.15, -0.1) is 6.58 Å². The first kappa shape index (κ1) is 24.1. The van der Waals surface area contributed by atoms with Crippen molar-refractivity contribution < 1.29 is 17.9 Å². The third-order valence-corrected chi connectivity index (χ3v) is 7.07. The minimum absolute atomic E-state index is 0.0354. The van der Waals surface area contributed by atoms with E-state index in [1.807, 2.05) is 0 Å². The first-order chi connectivity index (χ1) is 15.2. The highest BCUT2D eigenvalue weighted by molar-refractivity contribution is 7.92. The Morgan fingerprint density at radius 2 is 1.66 bits per heavy atom. The van der Waals surface area contributed by atoms with E-state index in [2.05, 4.69) is 6.58 Å².